The van der Waals surface area contributed by atoms with Crippen LogP contribution in [0.15, 0.2) is 33.3 Å². The second-order valence-electron chi connectivity index (χ2n) is 5.61. The van der Waals surface area contributed by atoms with Crippen molar-refractivity contribution in [3.63, 3.8) is 0 Å². The molecule has 0 unspecified atom stereocenters. The molecule has 3 aromatic heterocycles. The van der Waals surface area contributed by atoms with Crippen LogP contribution < -0.4 is 0 Å². The van der Waals surface area contributed by atoms with E-state index >= 15 is 0 Å². The zero-order valence-corrected chi connectivity index (χ0v) is 11.8. The minimum atomic E-state index is -0.565. The molecule has 0 saturated carbocycles. The first-order chi connectivity index (χ1) is 9.93. The highest BCUT2D eigenvalue weighted by Crippen LogP contribution is 2.28. The summed E-state index contributed by atoms with van der Waals surface area (Å²) in [5.41, 5.74) is 0.845. The molecule has 0 radical (unpaired) electrons. The van der Waals surface area contributed by atoms with Gasteiger partial charge < -0.3 is 8.94 Å². The van der Waals surface area contributed by atoms with E-state index in [1.807, 2.05) is 20.8 Å². The van der Waals surface area contributed by atoms with Crippen molar-refractivity contribution in [3.8, 4) is 23.0 Å². The van der Waals surface area contributed by atoms with Crippen molar-refractivity contribution in [2.24, 2.45) is 0 Å². The van der Waals surface area contributed by atoms with Gasteiger partial charge in [0.1, 0.15) is 5.76 Å². The van der Waals surface area contributed by atoms with E-state index in [1.54, 1.807) is 6.07 Å². The fraction of sp³-hybridized carbons (Fsp3) is 0.286. The Kier molecular flexibility index (Phi) is 3.04. The molecule has 3 rings (SSSR count). The Bertz CT molecular complexity index is 756. The third kappa shape index (κ3) is 2.67. The Labute approximate surface area is 120 Å². The Balaban J connectivity index is 1.91. The summed E-state index contributed by atoms with van der Waals surface area (Å²) in [6.45, 7) is 6.04. The summed E-state index contributed by atoms with van der Waals surface area (Å²) in [6.07, 6.45) is 1.33. The van der Waals surface area contributed by atoms with Gasteiger partial charge in [-0.15, -0.1) is 10.2 Å². The fourth-order valence-electron chi connectivity index (χ4n) is 1.68. The van der Waals surface area contributed by atoms with Crippen LogP contribution in [-0.4, -0.2) is 20.3 Å². The summed E-state index contributed by atoms with van der Waals surface area (Å²) in [5.74, 6) is 0.650. The fourth-order valence-corrected chi connectivity index (χ4v) is 1.68. The lowest BCUT2D eigenvalue weighted by Gasteiger charge is -2.11. The number of rotatable bonds is 2. The number of aromatic nitrogens is 4. The maximum absolute atomic E-state index is 12.8. The number of pyridine rings is 1. The zero-order valence-electron chi connectivity index (χ0n) is 11.8. The van der Waals surface area contributed by atoms with Crippen LogP contribution in [-0.2, 0) is 5.41 Å². The lowest BCUT2D eigenvalue weighted by atomic mass is 9.93. The van der Waals surface area contributed by atoms with Gasteiger partial charge in [-0.05, 0) is 12.1 Å². The van der Waals surface area contributed by atoms with Gasteiger partial charge in [-0.2, -0.15) is 4.39 Å². The third-order valence-electron chi connectivity index (χ3n) is 2.87. The first-order valence-electron chi connectivity index (χ1n) is 6.36. The van der Waals surface area contributed by atoms with Gasteiger partial charge in [0.15, 0.2) is 5.69 Å². The van der Waals surface area contributed by atoms with Gasteiger partial charge in [-0.1, -0.05) is 25.9 Å². The molecule has 0 N–H and O–H groups in total. The summed E-state index contributed by atoms with van der Waals surface area (Å²) in [5, 5.41) is 11.8. The topological polar surface area (TPSA) is 77.8 Å². The third-order valence-corrected chi connectivity index (χ3v) is 2.87. The maximum Gasteiger partial charge on any atom is 0.270 e. The quantitative estimate of drug-likeness (QED) is 0.674. The van der Waals surface area contributed by atoms with Gasteiger partial charge >= 0.3 is 0 Å². The molecule has 3 heterocycles. The van der Waals surface area contributed by atoms with Crippen LogP contribution in [0.3, 0.4) is 0 Å². The van der Waals surface area contributed by atoms with Gasteiger partial charge in [-0.3, -0.25) is 0 Å². The molecular weight excluding hydrogens is 275 g/mol. The highest BCUT2D eigenvalue weighted by Gasteiger charge is 2.22. The largest absolute Gasteiger partial charge is 0.414 e. The molecule has 6 nitrogen and oxygen atoms in total. The van der Waals surface area contributed by atoms with Gasteiger partial charge in [-0.25, -0.2) is 4.98 Å². The van der Waals surface area contributed by atoms with Gasteiger partial charge in [0.05, 0.1) is 5.56 Å². The number of hydrogen-bond acceptors (Lipinski definition) is 6. The molecule has 0 aliphatic rings. The zero-order chi connectivity index (χ0) is 15.0. The van der Waals surface area contributed by atoms with Crippen LogP contribution in [0.1, 0.15) is 26.5 Å². The Morgan fingerprint density at radius 2 is 1.86 bits per heavy atom. The molecule has 0 saturated heterocycles. The predicted octanol–water partition coefficient (Wildman–Crippen LogP) is 3.22. The van der Waals surface area contributed by atoms with Gasteiger partial charge in [0.25, 0.3) is 5.89 Å². The predicted molar refractivity (Wildman–Crippen MR) is 71.7 cm³/mol. The first kappa shape index (κ1) is 13.4. The molecular formula is C14H13FN4O2. The molecule has 7 heteroatoms. The van der Waals surface area contributed by atoms with Crippen LogP contribution in [0.25, 0.3) is 23.0 Å². The second kappa shape index (κ2) is 4.76. The van der Waals surface area contributed by atoms with Crippen LogP contribution in [0.5, 0.6) is 0 Å². The van der Waals surface area contributed by atoms with Crippen molar-refractivity contribution in [2.75, 3.05) is 0 Å². The van der Waals surface area contributed by atoms with E-state index in [9.17, 15) is 4.39 Å². The number of nitrogens with zero attached hydrogens (tertiary/aromatic N) is 4. The minimum absolute atomic E-state index is 0.158. The number of hydrogen-bond donors (Lipinski definition) is 0. The average molecular weight is 288 g/mol. The molecule has 0 aromatic carbocycles. The second-order valence-corrected chi connectivity index (χ2v) is 5.61. The van der Waals surface area contributed by atoms with Crippen LogP contribution >= 0.6 is 0 Å². The molecule has 0 atom stereocenters. The van der Waals surface area contributed by atoms with Crippen LogP contribution in [0.4, 0.5) is 4.39 Å². The highest BCUT2D eigenvalue weighted by molar-refractivity contribution is 5.54. The molecule has 21 heavy (non-hydrogen) atoms. The van der Waals surface area contributed by atoms with E-state index in [0.29, 0.717) is 11.3 Å². The maximum atomic E-state index is 12.8. The molecule has 0 aliphatic heterocycles. The van der Waals surface area contributed by atoms with E-state index in [1.165, 1.54) is 18.3 Å². The highest BCUT2D eigenvalue weighted by atomic mass is 19.1. The lowest BCUT2D eigenvalue weighted by Crippen LogP contribution is -2.09. The molecule has 0 spiro atoms. The minimum Gasteiger partial charge on any atom is -0.414 e. The Hall–Kier alpha value is -2.57. The smallest absolute Gasteiger partial charge is 0.270 e. The summed E-state index contributed by atoms with van der Waals surface area (Å²) in [4.78, 5) is 3.55. The van der Waals surface area contributed by atoms with E-state index in [4.69, 9.17) is 8.94 Å². The summed E-state index contributed by atoms with van der Waals surface area (Å²) >= 11 is 0. The lowest BCUT2D eigenvalue weighted by molar-refractivity contribution is 0.329. The number of halogens is 1. The Morgan fingerprint density at radius 1 is 1.10 bits per heavy atom. The SMILES string of the molecule is CC(C)(C)c1cc(-c2nnc(-c3ccc(F)nc3)o2)no1. The van der Waals surface area contributed by atoms with E-state index in [-0.39, 0.29) is 17.2 Å². The van der Waals surface area contributed by atoms with Crippen molar-refractivity contribution in [2.45, 2.75) is 26.2 Å². The molecule has 0 bridgehead atoms. The van der Waals surface area contributed by atoms with Crippen LogP contribution in [0.2, 0.25) is 0 Å². The van der Waals surface area contributed by atoms with Crippen molar-refractivity contribution in [1.29, 1.82) is 0 Å². The van der Waals surface area contributed by atoms with E-state index in [0.717, 1.165) is 5.76 Å². The average Bonchev–Trinajstić information content (AvgIpc) is 3.07. The van der Waals surface area contributed by atoms with Crippen molar-refractivity contribution < 1.29 is 13.3 Å². The van der Waals surface area contributed by atoms with Gasteiger partial charge in [0.2, 0.25) is 11.8 Å². The van der Waals surface area contributed by atoms with E-state index < -0.39 is 5.95 Å². The van der Waals surface area contributed by atoms with Crippen LogP contribution in [0, 0.1) is 5.95 Å². The molecule has 0 fully saturated rings. The summed E-state index contributed by atoms with van der Waals surface area (Å²) in [7, 11) is 0. The Morgan fingerprint density at radius 3 is 2.48 bits per heavy atom. The normalized spacial score (nSPS) is 11.8. The van der Waals surface area contributed by atoms with E-state index in [2.05, 4.69) is 20.3 Å². The standard InChI is InChI=1S/C14H13FN4O2/c1-14(2,3)10-6-9(19-21-10)13-18-17-12(20-13)8-4-5-11(15)16-7-8/h4-7H,1-3H3. The van der Waals surface area contributed by atoms with Crippen molar-refractivity contribution in [3.05, 3.63) is 36.1 Å². The monoisotopic (exact) mass is 288 g/mol. The molecule has 0 amide bonds. The molecule has 3 aromatic rings. The van der Waals surface area contributed by atoms with Crippen molar-refractivity contribution in [1.82, 2.24) is 20.3 Å². The van der Waals surface area contributed by atoms with Gasteiger partial charge in [0, 0.05) is 17.7 Å². The summed E-state index contributed by atoms with van der Waals surface area (Å²) < 4.78 is 23.6. The van der Waals surface area contributed by atoms with Crippen molar-refractivity contribution >= 4 is 0 Å². The molecule has 0 aliphatic carbocycles. The summed E-state index contributed by atoms with van der Waals surface area (Å²) in [6, 6.07) is 4.51. The molecule has 108 valence electrons. The first-order valence-corrected chi connectivity index (χ1v) is 6.36.